The minimum absolute atomic E-state index is 0.253. The Morgan fingerprint density at radius 1 is 1.44 bits per heavy atom. The Labute approximate surface area is 94.9 Å². The number of carbonyl (C=O) groups excluding carboxylic acids is 1. The molecule has 82 valence electrons. The van der Waals surface area contributed by atoms with Gasteiger partial charge in [0.05, 0.1) is 5.52 Å². The molecule has 0 unspecified atom stereocenters. The van der Waals surface area contributed by atoms with Crippen LogP contribution in [0, 0.1) is 0 Å². The van der Waals surface area contributed by atoms with Gasteiger partial charge in [0.2, 0.25) is 0 Å². The molecule has 2 nitrogen and oxygen atoms in total. The summed E-state index contributed by atoms with van der Waals surface area (Å²) in [7, 11) is 0. The van der Waals surface area contributed by atoms with Crippen LogP contribution in [0.1, 0.15) is 35.7 Å². The second-order valence-corrected chi connectivity index (χ2v) is 4.43. The fourth-order valence-corrected chi connectivity index (χ4v) is 2.67. The second kappa shape index (κ2) is 3.48. The highest BCUT2D eigenvalue weighted by Gasteiger charge is 2.18. The molecule has 0 saturated heterocycles. The quantitative estimate of drug-likeness (QED) is 0.702. The predicted octanol–water partition coefficient (Wildman–Crippen LogP) is 3.18. The standard InChI is InChI=1S/C14H15NO/c1-2-13(16)12-9-15-8-4-6-10-5-3-7-11(12)14(10)15/h3,5,7,9H,2,4,6,8H2,1H3. The van der Waals surface area contributed by atoms with E-state index in [0.29, 0.717) is 6.42 Å². The first-order valence-electron chi connectivity index (χ1n) is 5.95. The smallest absolute Gasteiger partial charge is 0.164 e. The average Bonchev–Trinajstić information content (AvgIpc) is 2.70. The molecule has 0 fully saturated rings. The third-order valence-corrected chi connectivity index (χ3v) is 3.45. The first kappa shape index (κ1) is 9.64. The van der Waals surface area contributed by atoms with Crippen LogP contribution >= 0.6 is 0 Å². The number of benzene rings is 1. The van der Waals surface area contributed by atoms with Crippen molar-refractivity contribution < 1.29 is 4.79 Å². The zero-order chi connectivity index (χ0) is 11.1. The first-order chi connectivity index (χ1) is 7.81. The third kappa shape index (κ3) is 1.22. The number of carbonyl (C=O) groups is 1. The Balaban J connectivity index is 2.34. The zero-order valence-corrected chi connectivity index (χ0v) is 9.49. The molecular formula is C14H15NO. The molecule has 3 rings (SSSR count). The minimum Gasteiger partial charge on any atom is -0.346 e. The fraction of sp³-hybridized carbons (Fsp3) is 0.357. The Morgan fingerprint density at radius 3 is 3.12 bits per heavy atom. The topological polar surface area (TPSA) is 22.0 Å². The summed E-state index contributed by atoms with van der Waals surface area (Å²) in [6.45, 7) is 2.97. The van der Waals surface area contributed by atoms with Crippen LogP contribution in [0.15, 0.2) is 24.4 Å². The summed E-state index contributed by atoms with van der Waals surface area (Å²) in [5, 5.41) is 1.14. The van der Waals surface area contributed by atoms with E-state index in [1.807, 2.05) is 13.1 Å². The van der Waals surface area contributed by atoms with Crippen LogP contribution < -0.4 is 0 Å². The lowest BCUT2D eigenvalue weighted by atomic mass is 10.0. The summed E-state index contributed by atoms with van der Waals surface area (Å²) < 4.78 is 2.25. The number of aromatic nitrogens is 1. The number of rotatable bonds is 2. The summed E-state index contributed by atoms with van der Waals surface area (Å²) in [6, 6.07) is 6.32. The van der Waals surface area contributed by atoms with Gasteiger partial charge in [0.15, 0.2) is 5.78 Å². The molecule has 0 saturated carbocycles. The van der Waals surface area contributed by atoms with Crippen molar-refractivity contribution in [1.29, 1.82) is 0 Å². The molecule has 0 amide bonds. The van der Waals surface area contributed by atoms with Crippen LogP contribution in [0.4, 0.5) is 0 Å². The Bertz CT molecular complexity index is 565. The first-order valence-corrected chi connectivity index (χ1v) is 5.95. The van der Waals surface area contributed by atoms with Gasteiger partial charge in [-0.15, -0.1) is 0 Å². The highest BCUT2D eigenvalue weighted by atomic mass is 16.1. The van der Waals surface area contributed by atoms with Gasteiger partial charge < -0.3 is 4.57 Å². The van der Waals surface area contributed by atoms with Gasteiger partial charge in [0, 0.05) is 30.1 Å². The average molecular weight is 213 g/mol. The van der Waals surface area contributed by atoms with Crippen molar-refractivity contribution >= 4 is 16.7 Å². The SMILES string of the molecule is CCC(=O)c1cn2c3c(cccc13)CCC2. The van der Waals surface area contributed by atoms with Crippen LogP contribution in [0.25, 0.3) is 10.9 Å². The predicted molar refractivity (Wildman–Crippen MR) is 64.9 cm³/mol. The van der Waals surface area contributed by atoms with Gasteiger partial charge >= 0.3 is 0 Å². The van der Waals surface area contributed by atoms with Crippen molar-refractivity contribution in [3.8, 4) is 0 Å². The van der Waals surface area contributed by atoms with Gasteiger partial charge in [0.1, 0.15) is 0 Å². The fourth-order valence-electron chi connectivity index (χ4n) is 2.67. The summed E-state index contributed by atoms with van der Waals surface area (Å²) >= 11 is 0. The summed E-state index contributed by atoms with van der Waals surface area (Å²) in [5.41, 5.74) is 3.57. The number of hydrogen-bond acceptors (Lipinski definition) is 1. The van der Waals surface area contributed by atoms with E-state index in [1.54, 1.807) is 0 Å². The van der Waals surface area contributed by atoms with E-state index in [4.69, 9.17) is 0 Å². The molecule has 16 heavy (non-hydrogen) atoms. The molecule has 2 heteroatoms. The highest BCUT2D eigenvalue weighted by molar-refractivity contribution is 6.08. The van der Waals surface area contributed by atoms with Crippen LogP contribution in [0.2, 0.25) is 0 Å². The van der Waals surface area contributed by atoms with Crippen LogP contribution in [0.3, 0.4) is 0 Å². The highest BCUT2D eigenvalue weighted by Crippen LogP contribution is 2.29. The molecule has 0 radical (unpaired) electrons. The number of aryl methyl sites for hydroxylation is 2. The van der Waals surface area contributed by atoms with Crippen molar-refractivity contribution in [3.63, 3.8) is 0 Å². The molecule has 2 heterocycles. The lowest BCUT2D eigenvalue weighted by Gasteiger charge is -2.14. The molecule has 0 spiro atoms. The van der Waals surface area contributed by atoms with Crippen molar-refractivity contribution in [1.82, 2.24) is 4.57 Å². The van der Waals surface area contributed by atoms with Crippen molar-refractivity contribution in [2.45, 2.75) is 32.7 Å². The van der Waals surface area contributed by atoms with Gasteiger partial charge in [0.25, 0.3) is 0 Å². The summed E-state index contributed by atoms with van der Waals surface area (Å²) in [5.74, 6) is 0.253. The lowest BCUT2D eigenvalue weighted by Crippen LogP contribution is -2.05. The molecule has 0 N–H and O–H groups in total. The van der Waals surface area contributed by atoms with Gasteiger partial charge in [-0.25, -0.2) is 0 Å². The van der Waals surface area contributed by atoms with Gasteiger partial charge in [-0.1, -0.05) is 25.1 Å². The number of nitrogens with zero attached hydrogens (tertiary/aromatic N) is 1. The summed E-state index contributed by atoms with van der Waals surface area (Å²) in [4.78, 5) is 11.9. The van der Waals surface area contributed by atoms with Crippen molar-refractivity contribution in [3.05, 3.63) is 35.5 Å². The van der Waals surface area contributed by atoms with Crippen LogP contribution in [-0.4, -0.2) is 10.4 Å². The van der Waals surface area contributed by atoms with E-state index in [0.717, 1.165) is 23.9 Å². The van der Waals surface area contributed by atoms with E-state index < -0.39 is 0 Å². The molecule has 0 atom stereocenters. The normalized spacial score (nSPS) is 14.3. The Morgan fingerprint density at radius 2 is 2.31 bits per heavy atom. The molecule has 2 aromatic rings. The van der Waals surface area contributed by atoms with E-state index in [2.05, 4.69) is 22.8 Å². The largest absolute Gasteiger partial charge is 0.346 e. The van der Waals surface area contributed by atoms with E-state index in [1.165, 1.54) is 17.5 Å². The zero-order valence-electron chi connectivity index (χ0n) is 9.49. The van der Waals surface area contributed by atoms with Crippen LogP contribution in [-0.2, 0) is 13.0 Å². The molecule has 1 aromatic carbocycles. The van der Waals surface area contributed by atoms with Crippen molar-refractivity contribution in [2.75, 3.05) is 0 Å². The number of hydrogen-bond donors (Lipinski definition) is 0. The molecule has 1 aliphatic rings. The maximum atomic E-state index is 11.9. The molecular weight excluding hydrogens is 198 g/mol. The van der Waals surface area contributed by atoms with Crippen LogP contribution in [0.5, 0.6) is 0 Å². The molecule has 0 bridgehead atoms. The van der Waals surface area contributed by atoms with Gasteiger partial charge in [-0.05, 0) is 18.4 Å². The second-order valence-electron chi connectivity index (χ2n) is 4.43. The minimum atomic E-state index is 0.253. The third-order valence-electron chi connectivity index (χ3n) is 3.45. The van der Waals surface area contributed by atoms with E-state index in [9.17, 15) is 4.79 Å². The summed E-state index contributed by atoms with van der Waals surface area (Å²) in [6.07, 6.45) is 4.95. The maximum Gasteiger partial charge on any atom is 0.164 e. The molecule has 1 aliphatic heterocycles. The van der Waals surface area contributed by atoms with E-state index in [-0.39, 0.29) is 5.78 Å². The van der Waals surface area contributed by atoms with Gasteiger partial charge in [-0.2, -0.15) is 0 Å². The van der Waals surface area contributed by atoms with Crippen molar-refractivity contribution in [2.24, 2.45) is 0 Å². The lowest BCUT2D eigenvalue weighted by molar-refractivity contribution is 0.0989. The molecule has 0 aliphatic carbocycles. The number of ketones is 1. The molecule has 1 aromatic heterocycles. The van der Waals surface area contributed by atoms with Gasteiger partial charge in [-0.3, -0.25) is 4.79 Å². The monoisotopic (exact) mass is 213 g/mol. The number of para-hydroxylation sites is 1. The number of Topliss-reactive ketones (excluding diaryl/α,β-unsaturated/α-hetero) is 1. The van der Waals surface area contributed by atoms with E-state index >= 15 is 0 Å². The Hall–Kier alpha value is -1.57. The Kier molecular flexibility index (Phi) is 2.10. The maximum absolute atomic E-state index is 11.9.